The molecule has 8 nitrogen and oxygen atoms in total. The third kappa shape index (κ3) is 5.10. The van der Waals surface area contributed by atoms with Gasteiger partial charge in [-0.05, 0) is 25.0 Å². The van der Waals surface area contributed by atoms with Crippen molar-refractivity contribution in [1.29, 1.82) is 0 Å². The van der Waals surface area contributed by atoms with Gasteiger partial charge < -0.3 is 24.7 Å². The SMILES string of the molecule is CN=C(NCCCCn1cnnc1)NCC1COc2ccccc2O1. The number of aryl methyl sites for hydroxylation is 1. The number of unbranched alkanes of at least 4 members (excludes halogenated alkanes) is 1. The van der Waals surface area contributed by atoms with Gasteiger partial charge in [-0.25, -0.2) is 0 Å². The number of hydrogen-bond donors (Lipinski definition) is 2. The molecule has 8 heteroatoms. The van der Waals surface area contributed by atoms with Crippen LogP contribution in [0.15, 0.2) is 41.9 Å². The number of para-hydroxylation sites is 2. The highest BCUT2D eigenvalue weighted by molar-refractivity contribution is 5.79. The second kappa shape index (κ2) is 8.91. The third-order valence-electron chi connectivity index (χ3n) is 3.89. The van der Waals surface area contributed by atoms with E-state index in [1.165, 1.54) is 0 Å². The summed E-state index contributed by atoms with van der Waals surface area (Å²) < 4.78 is 13.6. The van der Waals surface area contributed by atoms with Crippen LogP contribution in [-0.4, -0.2) is 53.6 Å². The molecule has 0 saturated carbocycles. The molecule has 3 rings (SSSR count). The molecule has 0 fully saturated rings. The monoisotopic (exact) mass is 344 g/mol. The minimum absolute atomic E-state index is 0.0396. The lowest BCUT2D eigenvalue weighted by Gasteiger charge is -2.27. The summed E-state index contributed by atoms with van der Waals surface area (Å²) in [5.41, 5.74) is 0. The van der Waals surface area contributed by atoms with Gasteiger partial charge in [-0.3, -0.25) is 4.99 Å². The van der Waals surface area contributed by atoms with E-state index in [0.717, 1.165) is 43.4 Å². The normalized spacial score (nSPS) is 16.5. The quantitative estimate of drug-likeness (QED) is 0.444. The van der Waals surface area contributed by atoms with Gasteiger partial charge in [0, 0.05) is 20.1 Å². The molecule has 1 aliphatic heterocycles. The van der Waals surface area contributed by atoms with Crippen molar-refractivity contribution in [3.8, 4) is 11.5 Å². The summed E-state index contributed by atoms with van der Waals surface area (Å²) in [5.74, 6) is 2.36. The number of guanidine groups is 1. The second-order valence-electron chi connectivity index (χ2n) is 5.78. The zero-order valence-corrected chi connectivity index (χ0v) is 14.4. The summed E-state index contributed by atoms with van der Waals surface area (Å²) in [6, 6.07) is 7.72. The minimum atomic E-state index is -0.0396. The van der Waals surface area contributed by atoms with Crippen LogP contribution >= 0.6 is 0 Å². The van der Waals surface area contributed by atoms with Crippen LogP contribution in [0.5, 0.6) is 11.5 Å². The van der Waals surface area contributed by atoms with E-state index < -0.39 is 0 Å². The molecule has 25 heavy (non-hydrogen) atoms. The lowest BCUT2D eigenvalue weighted by molar-refractivity contribution is 0.0936. The molecule has 0 bridgehead atoms. The van der Waals surface area contributed by atoms with Crippen LogP contribution in [0.3, 0.4) is 0 Å². The number of benzene rings is 1. The van der Waals surface area contributed by atoms with Gasteiger partial charge in [-0.1, -0.05) is 12.1 Å². The van der Waals surface area contributed by atoms with Gasteiger partial charge >= 0.3 is 0 Å². The van der Waals surface area contributed by atoms with E-state index in [9.17, 15) is 0 Å². The zero-order valence-electron chi connectivity index (χ0n) is 14.4. The van der Waals surface area contributed by atoms with E-state index in [-0.39, 0.29) is 6.10 Å². The summed E-state index contributed by atoms with van der Waals surface area (Å²) >= 11 is 0. The Labute approximate surface area is 147 Å². The van der Waals surface area contributed by atoms with Crippen molar-refractivity contribution in [2.75, 3.05) is 26.7 Å². The molecule has 0 spiro atoms. The Morgan fingerprint density at radius 3 is 2.80 bits per heavy atom. The Hall–Kier alpha value is -2.77. The Kier molecular flexibility index (Phi) is 6.08. The molecule has 1 atom stereocenters. The summed E-state index contributed by atoms with van der Waals surface area (Å²) in [4.78, 5) is 4.24. The second-order valence-corrected chi connectivity index (χ2v) is 5.78. The van der Waals surface area contributed by atoms with Gasteiger partial charge in [0.05, 0.1) is 6.54 Å². The molecule has 0 aliphatic carbocycles. The first-order valence-electron chi connectivity index (χ1n) is 8.50. The average Bonchev–Trinajstić information content (AvgIpc) is 3.17. The fourth-order valence-electron chi connectivity index (χ4n) is 2.56. The van der Waals surface area contributed by atoms with E-state index in [0.29, 0.717) is 13.2 Å². The summed E-state index contributed by atoms with van der Waals surface area (Å²) in [6.07, 6.45) is 5.52. The highest BCUT2D eigenvalue weighted by atomic mass is 16.6. The lowest BCUT2D eigenvalue weighted by Crippen LogP contribution is -2.45. The average molecular weight is 344 g/mol. The molecule has 0 radical (unpaired) electrons. The molecule has 134 valence electrons. The molecule has 2 N–H and O–H groups in total. The Bertz CT molecular complexity index is 674. The molecule has 2 heterocycles. The maximum absolute atomic E-state index is 5.93. The number of fused-ring (bicyclic) bond motifs is 1. The fraction of sp³-hybridized carbons (Fsp3) is 0.471. The summed E-state index contributed by atoms with van der Waals surface area (Å²) in [7, 11) is 1.76. The first kappa shape index (κ1) is 17.1. The Morgan fingerprint density at radius 1 is 1.20 bits per heavy atom. The smallest absolute Gasteiger partial charge is 0.191 e. The number of nitrogens with one attached hydrogen (secondary N) is 2. The Balaban J connectivity index is 1.33. The Morgan fingerprint density at radius 2 is 2.00 bits per heavy atom. The van der Waals surface area contributed by atoms with E-state index in [2.05, 4.69) is 25.8 Å². The van der Waals surface area contributed by atoms with Gasteiger partial charge in [0.1, 0.15) is 25.4 Å². The predicted molar refractivity (Wildman–Crippen MR) is 95.0 cm³/mol. The zero-order chi connectivity index (χ0) is 17.3. The van der Waals surface area contributed by atoms with Crippen molar-refractivity contribution in [2.45, 2.75) is 25.5 Å². The van der Waals surface area contributed by atoms with Gasteiger partial charge in [0.2, 0.25) is 0 Å². The molecular formula is C17H24N6O2. The molecule has 1 aromatic heterocycles. The van der Waals surface area contributed by atoms with Crippen LogP contribution in [0.25, 0.3) is 0 Å². The number of rotatable bonds is 7. The molecule has 1 unspecified atom stereocenters. The van der Waals surface area contributed by atoms with Crippen molar-refractivity contribution < 1.29 is 9.47 Å². The molecule has 1 aromatic carbocycles. The highest BCUT2D eigenvalue weighted by Gasteiger charge is 2.20. The van der Waals surface area contributed by atoms with E-state index in [1.807, 2.05) is 28.8 Å². The molecule has 0 saturated heterocycles. The van der Waals surface area contributed by atoms with Crippen LogP contribution in [0.1, 0.15) is 12.8 Å². The molecule has 0 amide bonds. The molecular weight excluding hydrogens is 320 g/mol. The number of nitrogens with zero attached hydrogens (tertiary/aromatic N) is 4. The van der Waals surface area contributed by atoms with Crippen molar-refractivity contribution in [1.82, 2.24) is 25.4 Å². The first-order chi connectivity index (χ1) is 12.3. The maximum Gasteiger partial charge on any atom is 0.191 e. The van der Waals surface area contributed by atoms with E-state index in [1.54, 1.807) is 19.7 Å². The van der Waals surface area contributed by atoms with Crippen molar-refractivity contribution in [3.63, 3.8) is 0 Å². The van der Waals surface area contributed by atoms with Crippen LogP contribution in [0, 0.1) is 0 Å². The number of ether oxygens (including phenoxy) is 2. The van der Waals surface area contributed by atoms with Gasteiger partial charge in [0.25, 0.3) is 0 Å². The minimum Gasteiger partial charge on any atom is -0.486 e. The van der Waals surface area contributed by atoms with Crippen molar-refractivity contribution >= 4 is 5.96 Å². The molecule has 1 aliphatic rings. The van der Waals surface area contributed by atoms with Crippen LogP contribution in [0.2, 0.25) is 0 Å². The lowest BCUT2D eigenvalue weighted by atomic mass is 10.2. The van der Waals surface area contributed by atoms with Gasteiger partial charge in [-0.15, -0.1) is 10.2 Å². The van der Waals surface area contributed by atoms with Gasteiger partial charge in [-0.2, -0.15) is 0 Å². The van der Waals surface area contributed by atoms with Crippen LogP contribution < -0.4 is 20.1 Å². The fourth-order valence-corrected chi connectivity index (χ4v) is 2.56. The van der Waals surface area contributed by atoms with E-state index >= 15 is 0 Å². The predicted octanol–water partition coefficient (Wildman–Crippen LogP) is 1.06. The highest BCUT2D eigenvalue weighted by Crippen LogP contribution is 2.30. The first-order valence-corrected chi connectivity index (χ1v) is 8.50. The number of aliphatic imine (C=N–C) groups is 1. The van der Waals surface area contributed by atoms with E-state index in [4.69, 9.17) is 9.47 Å². The van der Waals surface area contributed by atoms with Crippen molar-refractivity contribution in [2.24, 2.45) is 4.99 Å². The van der Waals surface area contributed by atoms with Gasteiger partial charge in [0.15, 0.2) is 17.5 Å². The topological polar surface area (TPSA) is 85.6 Å². The largest absolute Gasteiger partial charge is 0.486 e. The summed E-state index contributed by atoms with van der Waals surface area (Å²) in [6.45, 7) is 2.94. The number of hydrogen-bond acceptors (Lipinski definition) is 5. The summed E-state index contributed by atoms with van der Waals surface area (Å²) in [5, 5.41) is 14.2. The van der Waals surface area contributed by atoms with Crippen LogP contribution in [0.4, 0.5) is 0 Å². The van der Waals surface area contributed by atoms with Crippen molar-refractivity contribution in [3.05, 3.63) is 36.9 Å². The standard InChI is InChI=1S/C17H24N6O2/c1-18-17(19-8-4-5-9-23-12-21-22-13-23)20-10-14-11-24-15-6-2-3-7-16(15)25-14/h2-3,6-7,12-14H,4-5,8-11H2,1H3,(H2,18,19,20). The number of aromatic nitrogens is 3. The maximum atomic E-state index is 5.93. The third-order valence-corrected chi connectivity index (χ3v) is 3.89. The molecule has 2 aromatic rings. The van der Waals surface area contributed by atoms with Crippen LogP contribution in [-0.2, 0) is 6.54 Å².